The molecule has 3 heterocycles. The van der Waals surface area contributed by atoms with Gasteiger partial charge in [0.05, 0.1) is 5.56 Å². The van der Waals surface area contributed by atoms with Gasteiger partial charge in [0.2, 0.25) is 5.95 Å². The molecule has 7 nitrogen and oxygen atoms in total. The molecule has 0 aromatic carbocycles. The van der Waals surface area contributed by atoms with Crippen LogP contribution in [0, 0.1) is 0 Å². The van der Waals surface area contributed by atoms with Gasteiger partial charge in [0, 0.05) is 25.8 Å². The van der Waals surface area contributed by atoms with Crippen molar-refractivity contribution in [3.8, 4) is 0 Å². The molecule has 2 aromatic heterocycles. The average molecular weight is 300 g/mol. The van der Waals surface area contributed by atoms with Crippen molar-refractivity contribution in [3.05, 3.63) is 30.2 Å². The number of carbonyl (C=O) groups is 1. The van der Waals surface area contributed by atoms with Crippen molar-refractivity contribution in [2.24, 2.45) is 0 Å². The van der Waals surface area contributed by atoms with E-state index in [1.807, 2.05) is 4.90 Å². The number of aryl methyl sites for hydroxylation is 1. The Bertz CT molecular complexity index is 630. The number of anilines is 2. The number of hydrogen-bond donors (Lipinski definition) is 1. The Kier molecular flexibility index (Phi) is 4.32. The van der Waals surface area contributed by atoms with Crippen molar-refractivity contribution in [3.63, 3.8) is 0 Å². The van der Waals surface area contributed by atoms with E-state index in [4.69, 9.17) is 0 Å². The summed E-state index contributed by atoms with van der Waals surface area (Å²) in [5.74, 6) is 1.20. The van der Waals surface area contributed by atoms with Crippen LogP contribution < -0.4 is 5.32 Å². The first-order valence-corrected chi connectivity index (χ1v) is 7.68. The molecule has 1 aliphatic heterocycles. The Balaban J connectivity index is 1.64. The third-order valence-corrected chi connectivity index (χ3v) is 3.63. The third kappa shape index (κ3) is 3.24. The molecule has 22 heavy (non-hydrogen) atoms. The molecular formula is C15H20N6O. The smallest absolute Gasteiger partial charge is 0.255 e. The monoisotopic (exact) mass is 300 g/mol. The second-order valence-electron chi connectivity index (χ2n) is 5.39. The Morgan fingerprint density at radius 2 is 2.09 bits per heavy atom. The van der Waals surface area contributed by atoms with Crippen LogP contribution >= 0.6 is 0 Å². The van der Waals surface area contributed by atoms with Gasteiger partial charge in [-0.1, -0.05) is 6.92 Å². The predicted molar refractivity (Wildman–Crippen MR) is 83.0 cm³/mol. The molecule has 0 aliphatic carbocycles. The Morgan fingerprint density at radius 3 is 2.77 bits per heavy atom. The second kappa shape index (κ2) is 6.55. The van der Waals surface area contributed by atoms with Crippen LogP contribution in [0.4, 0.5) is 11.8 Å². The van der Waals surface area contributed by atoms with E-state index < -0.39 is 0 Å². The van der Waals surface area contributed by atoms with Crippen molar-refractivity contribution in [2.45, 2.75) is 32.7 Å². The molecule has 0 atom stereocenters. The van der Waals surface area contributed by atoms with Crippen LogP contribution in [0.25, 0.3) is 0 Å². The van der Waals surface area contributed by atoms with Crippen molar-refractivity contribution < 1.29 is 4.79 Å². The minimum atomic E-state index is 0.0573. The first-order chi connectivity index (χ1) is 10.8. The molecule has 1 fully saturated rings. The highest BCUT2D eigenvalue weighted by Gasteiger charge is 2.19. The molecule has 1 N–H and O–H groups in total. The Labute approximate surface area is 129 Å². The number of carbonyl (C=O) groups excluding carboxylic acids is 1. The SMILES string of the molecule is CCCn1cnc(Nc2ccc(C(=O)N3CCCC3)cn2)n1. The van der Waals surface area contributed by atoms with Gasteiger partial charge in [0.1, 0.15) is 12.1 Å². The molecule has 116 valence electrons. The number of amides is 1. The van der Waals surface area contributed by atoms with Gasteiger partial charge in [0.25, 0.3) is 5.91 Å². The molecular weight excluding hydrogens is 280 g/mol. The summed E-state index contributed by atoms with van der Waals surface area (Å²) in [5, 5.41) is 7.33. The van der Waals surface area contributed by atoms with E-state index >= 15 is 0 Å². The topological polar surface area (TPSA) is 75.9 Å². The van der Waals surface area contributed by atoms with Crippen LogP contribution in [0.5, 0.6) is 0 Å². The molecule has 2 aromatic rings. The first kappa shape index (κ1) is 14.5. The van der Waals surface area contributed by atoms with Gasteiger partial charge in [-0.3, -0.25) is 9.48 Å². The van der Waals surface area contributed by atoms with E-state index in [0.29, 0.717) is 17.3 Å². The van der Waals surface area contributed by atoms with Crippen LogP contribution in [0.3, 0.4) is 0 Å². The van der Waals surface area contributed by atoms with E-state index in [-0.39, 0.29) is 5.91 Å². The number of pyridine rings is 1. The van der Waals surface area contributed by atoms with Gasteiger partial charge in [0.15, 0.2) is 0 Å². The van der Waals surface area contributed by atoms with Crippen molar-refractivity contribution in [1.82, 2.24) is 24.6 Å². The van der Waals surface area contributed by atoms with Crippen LogP contribution in [-0.2, 0) is 6.54 Å². The quantitative estimate of drug-likeness (QED) is 0.914. The number of likely N-dealkylation sites (tertiary alicyclic amines) is 1. The zero-order valence-electron chi connectivity index (χ0n) is 12.7. The van der Waals surface area contributed by atoms with Gasteiger partial charge in [-0.05, 0) is 31.4 Å². The maximum absolute atomic E-state index is 12.2. The molecule has 1 aliphatic rings. The number of aromatic nitrogens is 4. The van der Waals surface area contributed by atoms with Crippen LogP contribution in [0.1, 0.15) is 36.5 Å². The summed E-state index contributed by atoms with van der Waals surface area (Å²) in [5.41, 5.74) is 0.622. The fraction of sp³-hybridized carbons (Fsp3) is 0.467. The van der Waals surface area contributed by atoms with Gasteiger partial charge in [-0.15, -0.1) is 5.10 Å². The molecule has 0 spiro atoms. The van der Waals surface area contributed by atoms with Crippen molar-refractivity contribution in [2.75, 3.05) is 18.4 Å². The zero-order chi connectivity index (χ0) is 15.4. The summed E-state index contributed by atoms with van der Waals surface area (Å²) < 4.78 is 1.79. The lowest BCUT2D eigenvalue weighted by Gasteiger charge is -2.14. The summed E-state index contributed by atoms with van der Waals surface area (Å²) in [6.45, 7) is 4.62. The fourth-order valence-electron chi connectivity index (χ4n) is 2.50. The lowest BCUT2D eigenvalue weighted by molar-refractivity contribution is 0.0792. The van der Waals surface area contributed by atoms with Gasteiger partial charge < -0.3 is 10.2 Å². The normalized spacial score (nSPS) is 14.3. The van der Waals surface area contributed by atoms with Gasteiger partial charge in [-0.2, -0.15) is 0 Å². The highest BCUT2D eigenvalue weighted by molar-refractivity contribution is 5.94. The summed E-state index contributed by atoms with van der Waals surface area (Å²) >= 11 is 0. The van der Waals surface area contributed by atoms with E-state index in [1.54, 1.807) is 29.3 Å². The Morgan fingerprint density at radius 1 is 1.27 bits per heavy atom. The lowest BCUT2D eigenvalue weighted by atomic mass is 10.2. The maximum Gasteiger partial charge on any atom is 0.255 e. The highest BCUT2D eigenvalue weighted by Crippen LogP contribution is 2.15. The highest BCUT2D eigenvalue weighted by atomic mass is 16.2. The third-order valence-electron chi connectivity index (χ3n) is 3.63. The van der Waals surface area contributed by atoms with Gasteiger partial charge in [-0.25, -0.2) is 9.97 Å². The van der Waals surface area contributed by atoms with E-state index in [9.17, 15) is 4.79 Å². The molecule has 1 saturated heterocycles. The minimum Gasteiger partial charge on any atom is -0.339 e. The Hall–Kier alpha value is -2.44. The molecule has 1 amide bonds. The number of nitrogens with zero attached hydrogens (tertiary/aromatic N) is 5. The molecule has 7 heteroatoms. The van der Waals surface area contributed by atoms with Crippen molar-refractivity contribution >= 4 is 17.7 Å². The summed E-state index contributed by atoms with van der Waals surface area (Å²) in [6, 6.07) is 3.57. The number of hydrogen-bond acceptors (Lipinski definition) is 5. The van der Waals surface area contributed by atoms with Crippen molar-refractivity contribution in [1.29, 1.82) is 0 Å². The predicted octanol–water partition coefficient (Wildman–Crippen LogP) is 2.06. The second-order valence-corrected chi connectivity index (χ2v) is 5.39. The van der Waals surface area contributed by atoms with E-state index in [0.717, 1.165) is 38.9 Å². The molecule has 3 rings (SSSR count). The van der Waals surface area contributed by atoms with Crippen LogP contribution in [0.15, 0.2) is 24.7 Å². The molecule has 0 saturated carbocycles. The van der Waals surface area contributed by atoms with Crippen LogP contribution in [-0.4, -0.2) is 43.6 Å². The molecule has 0 bridgehead atoms. The lowest BCUT2D eigenvalue weighted by Crippen LogP contribution is -2.27. The number of nitrogens with one attached hydrogen (secondary N) is 1. The van der Waals surface area contributed by atoms with Gasteiger partial charge >= 0.3 is 0 Å². The fourth-order valence-corrected chi connectivity index (χ4v) is 2.50. The standard InChI is InChI=1S/C15H20N6O/c1-2-7-21-11-17-15(19-21)18-13-6-5-12(10-16-13)14(22)20-8-3-4-9-20/h5-6,10-11H,2-4,7-9H2,1H3,(H,16,18,19). The summed E-state index contributed by atoms with van der Waals surface area (Å²) in [6.07, 6.45) is 6.48. The van der Waals surface area contributed by atoms with E-state index in [1.165, 1.54) is 0 Å². The van der Waals surface area contributed by atoms with E-state index in [2.05, 4.69) is 27.3 Å². The molecule has 0 radical (unpaired) electrons. The zero-order valence-corrected chi connectivity index (χ0v) is 12.7. The largest absolute Gasteiger partial charge is 0.339 e. The summed E-state index contributed by atoms with van der Waals surface area (Å²) in [4.78, 5) is 22.6. The summed E-state index contributed by atoms with van der Waals surface area (Å²) in [7, 11) is 0. The molecule has 0 unspecified atom stereocenters. The average Bonchev–Trinajstić information content (AvgIpc) is 3.20. The van der Waals surface area contributed by atoms with Crippen LogP contribution in [0.2, 0.25) is 0 Å². The number of rotatable bonds is 5. The minimum absolute atomic E-state index is 0.0573. The first-order valence-electron chi connectivity index (χ1n) is 7.68. The maximum atomic E-state index is 12.2.